The summed E-state index contributed by atoms with van der Waals surface area (Å²) < 4.78 is 11.2. The smallest absolute Gasteiger partial charge is 0.218 e. The number of pyridine rings is 1. The van der Waals surface area contributed by atoms with Gasteiger partial charge in [-0.15, -0.1) is 24.0 Å². The highest BCUT2D eigenvalue weighted by Crippen LogP contribution is 2.18. The fraction of sp³-hybridized carbons (Fsp3) is 0.684. The molecule has 0 aliphatic carbocycles. The zero-order valence-electron chi connectivity index (χ0n) is 16.2. The van der Waals surface area contributed by atoms with E-state index >= 15 is 0 Å². The van der Waals surface area contributed by atoms with Gasteiger partial charge in [0.25, 0.3) is 0 Å². The molecule has 0 saturated carbocycles. The average Bonchev–Trinajstić information content (AvgIpc) is 2.66. The summed E-state index contributed by atoms with van der Waals surface area (Å²) in [7, 11) is 3.91. The molecule has 1 aliphatic rings. The largest absolute Gasteiger partial charge is 0.477 e. The first-order valence-corrected chi connectivity index (χ1v) is 9.30. The maximum atomic E-state index is 5.72. The van der Waals surface area contributed by atoms with Crippen molar-refractivity contribution in [3.63, 3.8) is 0 Å². The van der Waals surface area contributed by atoms with E-state index in [0.29, 0.717) is 19.0 Å². The molecular weight excluding hydrogens is 443 g/mol. The van der Waals surface area contributed by atoms with Gasteiger partial charge in [-0.25, -0.2) is 4.98 Å². The molecule has 0 spiro atoms. The standard InChI is InChI=1S/C19H32N4O2.HI/c1-4-12-25-18-17(6-5-10-21-18)15-22-19(20-2)23(3)11-7-16-8-13-24-14-9-16;/h5-6,10,16H,4,7-9,11-15H2,1-3H3,(H,20,22);1H. The van der Waals surface area contributed by atoms with Gasteiger partial charge in [0.15, 0.2) is 5.96 Å². The second-order valence-corrected chi connectivity index (χ2v) is 6.48. The number of halogens is 1. The molecule has 7 heteroatoms. The number of nitrogens with zero attached hydrogens (tertiary/aromatic N) is 3. The Morgan fingerprint density at radius 3 is 2.88 bits per heavy atom. The zero-order chi connectivity index (χ0) is 17.9. The lowest BCUT2D eigenvalue weighted by atomic mass is 9.96. The molecule has 26 heavy (non-hydrogen) atoms. The summed E-state index contributed by atoms with van der Waals surface area (Å²) in [5.74, 6) is 2.37. The fourth-order valence-electron chi connectivity index (χ4n) is 2.96. The summed E-state index contributed by atoms with van der Waals surface area (Å²) in [6, 6.07) is 3.98. The number of guanidine groups is 1. The van der Waals surface area contributed by atoms with Gasteiger partial charge >= 0.3 is 0 Å². The van der Waals surface area contributed by atoms with Gasteiger partial charge in [-0.1, -0.05) is 13.0 Å². The molecule has 2 heterocycles. The lowest BCUT2D eigenvalue weighted by Gasteiger charge is -2.27. The van der Waals surface area contributed by atoms with Gasteiger partial charge in [-0.05, 0) is 37.7 Å². The van der Waals surface area contributed by atoms with E-state index in [2.05, 4.69) is 34.2 Å². The summed E-state index contributed by atoms with van der Waals surface area (Å²) in [5, 5.41) is 3.42. The van der Waals surface area contributed by atoms with E-state index in [9.17, 15) is 0 Å². The SMILES string of the molecule is CCCOc1ncccc1CNC(=NC)N(C)CCC1CCOCC1.I. The number of ether oxygens (including phenoxy) is 2. The number of hydrogen-bond donors (Lipinski definition) is 1. The van der Waals surface area contributed by atoms with E-state index in [4.69, 9.17) is 9.47 Å². The third kappa shape index (κ3) is 7.65. The molecule has 1 N–H and O–H groups in total. The predicted octanol–water partition coefficient (Wildman–Crippen LogP) is 3.31. The maximum Gasteiger partial charge on any atom is 0.218 e. The van der Waals surface area contributed by atoms with Crippen molar-refractivity contribution in [3.05, 3.63) is 23.9 Å². The minimum atomic E-state index is 0. The summed E-state index contributed by atoms with van der Waals surface area (Å²) >= 11 is 0. The molecule has 148 valence electrons. The van der Waals surface area contributed by atoms with Crippen LogP contribution in [-0.4, -0.2) is 56.3 Å². The fourth-order valence-corrected chi connectivity index (χ4v) is 2.96. The van der Waals surface area contributed by atoms with Crippen LogP contribution in [-0.2, 0) is 11.3 Å². The van der Waals surface area contributed by atoms with Crippen LogP contribution in [0.1, 0.15) is 38.2 Å². The molecule has 1 aliphatic heterocycles. The Balaban J connectivity index is 0.00000338. The number of nitrogens with one attached hydrogen (secondary N) is 1. The Hall–Kier alpha value is -1.09. The van der Waals surface area contributed by atoms with Crippen molar-refractivity contribution in [1.82, 2.24) is 15.2 Å². The minimum absolute atomic E-state index is 0. The third-order valence-corrected chi connectivity index (χ3v) is 4.52. The summed E-state index contributed by atoms with van der Waals surface area (Å²) in [4.78, 5) is 10.9. The Bertz CT molecular complexity index is 536. The highest BCUT2D eigenvalue weighted by atomic mass is 127. The molecule has 0 aromatic carbocycles. The van der Waals surface area contributed by atoms with Crippen molar-refractivity contribution in [2.24, 2.45) is 10.9 Å². The summed E-state index contributed by atoms with van der Waals surface area (Å²) in [6.45, 7) is 6.24. The Labute approximate surface area is 174 Å². The molecule has 0 amide bonds. The van der Waals surface area contributed by atoms with Crippen molar-refractivity contribution < 1.29 is 9.47 Å². The van der Waals surface area contributed by atoms with Crippen LogP contribution in [0.4, 0.5) is 0 Å². The van der Waals surface area contributed by atoms with Gasteiger partial charge in [0, 0.05) is 52.2 Å². The van der Waals surface area contributed by atoms with E-state index in [1.807, 2.05) is 19.2 Å². The molecule has 1 saturated heterocycles. The lowest BCUT2D eigenvalue weighted by molar-refractivity contribution is 0.0625. The van der Waals surface area contributed by atoms with Crippen LogP contribution in [0.2, 0.25) is 0 Å². The van der Waals surface area contributed by atoms with E-state index in [1.54, 1.807) is 6.20 Å². The van der Waals surface area contributed by atoms with Crippen molar-refractivity contribution in [1.29, 1.82) is 0 Å². The monoisotopic (exact) mass is 476 g/mol. The average molecular weight is 476 g/mol. The van der Waals surface area contributed by atoms with Crippen LogP contribution in [0.25, 0.3) is 0 Å². The third-order valence-electron chi connectivity index (χ3n) is 4.52. The number of aliphatic imine (C=N–C) groups is 1. The molecule has 6 nitrogen and oxygen atoms in total. The highest BCUT2D eigenvalue weighted by Gasteiger charge is 2.15. The minimum Gasteiger partial charge on any atom is -0.477 e. The van der Waals surface area contributed by atoms with Crippen LogP contribution in [0.5, 0.6) is 5.88 Å². The van der Waals surface area contributed by atoms with Crippen LogP contribution in [0, 0.1) is 5.92 Å². The van der Waals surface area contributed by atoms with Crippen molar-refractivity contribution in [2.75, 3.05) is 40.5 Å². The van der Waals surface area contributed by atoms with Crippen molar-refractivity contribution in [3.8, 4) is 5.88 Å². The van der Waals surface area contributed by atoms with Crippen molar-refractivity contribution in [2.45, 2.75) is 39.2 Å². The summed E-state index contributed by atoms with van der Waals surface area (Å²) in [6.07, 6.45) is 6.27. The van der Waals surface area contributed by atoms with Crippen LogP contribution >= 0.6 is 24.0 Å². The van der Waals surface area contributed by atoms with Crippen LogP contribution in [0.3, 0.4) is 0 Å². The first-order chi connectivity index (χ1) is 12.2. The van der Waals surface area contributed by atoms with Gasteiger partial charge in [0.05, 0.1) is 6.61 Å². The molecule has 0 unspecified atom stereocenters. The van der Waals surface area contributed by atoms with Gasteiger partial charge < -0.3 is 19.7 Å². The Morgan fingerprint density at radius 2 is 2.19 bits per heavy atom. The van der Waals surface area contributed by atoms with E-state index < -0.39 is 0 Å². The number of rotatable bonds is 8. The lowest BCUT2D eigenvalue weighted by Crippen LogP contribution is -2.39. The second-order valence-electron chi connectivity index (χ2n) is 6.48. The van der Waals surface area contributed by atoms with Gasteiger partial charge in [0.2, 0.25) is 5.88 Å². The van der Waals surface area contributed by atoms with E-state index in [0.717, 1.165) is 43.6 Å². The number of hydrogen-bond acceptors (Lipinski definition) is 4. The normalized spacial score (nSPS) is 15.3. The first kappa shape index (κ1) is 23.0. The molecule has 1 fully saturated rings. The molecule has 2 rings (SSSR count). The summed E-state index contributed by atoms with van der Waals surface area (Å²) in [5.41, 5.74) is 1.05. The highest BCUT2D eigenvalue weighted by molar-refractivity contribution is 14.0. The van der Waals surface area contributed by atoms with Gasteiger partial charge in [-0.3, -0.25) is 4.99 Å². The number of aromatic nitrogens is 1. The molecule has 0 radical (unpaired) electrons. The van der Waals surface area contributed by atoms with Gasteiger partial charge in [-0.2, -0.15) is 0 Å². The molecule has 0 atom stereocenters. The Morgan fingerprint density at radius 1 is 1.42 bits per heavy atom. The topological polar surface area (TPSA) is 59.0 Å². The first-order valence-electron chi connectivity index (χ1n) is 9.30. The molecule has 1 aromatic heterocycles. The quantitative estimate of drug-likeness (QED) is 0.355. The van der Waals surface area contributed by atoms with Crippen LogP contribution in [0.15, 0.2) is 23.3 Å². The maximum absolute atomic E-state index is 5.72. The Kier molecular flexibility index (Phi) is 11.6. The van der Waals surface area contributed by atoms with Gasteiger partial charge in [0.1, 0.15) is 0 Å². The van der Waals surface area contributed by atoms with E-state index in [-0.39, 0.29) is 24.0 Å². The van der Waals surface area contributed by atoms with Crippen LogP contribution < -0.4 is 10.1 Å². The molecular formula is C19H33IN4O2. The molecule has 0 bridgehead atoms. The zero-order valence-corrected chi connectivity index (χ0v) is 18.6. The van der Waals surface area contributed by atoms with Crippen molar-refractivity contribution >= 4 is 29.9 Å². The second kappa shape index (κ2) is 13.1. The van der Waals surface area contributed by atoms with E-state index in [1.165, 1.54) is 19.3 Å². The molecule has 1 aromatic rings. The predicted molar refractivity (Wildman–Crippen MR) is 116 cm³/mol.